The van der Waals surface area contributed by atoms with Gasteiger partial charge in [0.25, 0.3) is 0 Å². The van der Waals surface area contributed by atoms with Gasteiger partial charge in [0.2, 0.25) is 5.88 Å². The van der Waals surface area contributed by atoms with Gasteiger partial charge in [-0.2, -0.15) is 0 Å². The van der Waals surface area contributed by atoms with E-state index in [0.717, 1.165) is 28.1 Å². The van der Waals surface area contributed by atoms with Crippen molar-refractivity contribution in [2.45, 2.75) is 13.5 Å². The molecule has 0 atom stereocenters. The van der Waals surface area contributed by atoms with E-state index in [0.29, 0.717) is 19.0 Å². The highest BCUT2D eigenvalue weighted by molar-refractivity contribution is 9.10. The summed E-state index contributed by atoms with van der Waals surface area (Å²) >= 11 is 3.48. The molecule has 0 aliphatic heterocycles. The number of hydrogen-bond acceptors (Lipinski definition) is 4. The van der Waals surface area contributed by atoms with Crippen LogP contribution in [0, 0.1) is 6.92 Å². The molecular weight excluding hydrogens is 368 g/mol. The van der Waals surface area contributed by atoms with Crippen LogP contribution in [0.4, 0.5) is 0 Å². The molecule has 0 amide bonds. The van der Waals surface area contributed by atoms with Crippen LogP contribution in [0.2, 0.25) is 0 Å². The second-order valence-corrected chi connectivity index (χ2v) is 6.33. The number of benzene rings is 1. The van der Waals surface area contributed by atoms with Crippen LogP contribution < -0.4 is 10.1 Å². The molecule has 2 aromatic heterocycles. The molecule has 1 N–H and O–H groups in total. The lowest BCUT2D eigenvalue weighted by Gasteiger charge is -2.06. The van der Waals surface area contributed by atoms with Crippen LogP contribution in [0.15, 0.2) is 63.6 Å². The lowest BCUT2D eigenvalue weighted by atomic mass is 10.1. The number of halogens is 1. The highest BCUT2D eigenvalue weighted by Gasteiger charge is 2.07. The zero-order valence-corrected chi connectivity index (χ0v) is 15.0. The summed E-state index contributed by atoms with van der Waals surface area (Å²) in [5.74, 6) is 2.44. The molecule has 0 fully saturated rings. The normalized spacial score (nSPS) is 10.8. The molecule has 0 aliphatic rings. The largest absolute Gasteiger partial charge is 0.476 e. The van der Waals surface area contributed by atoms with Crippen molar-refractivity contribution >= 4 is 15.9 Å². The summed E-state index contributed by atoms with van der Waals surface area (Å²) in [5.41, 5.74) is 2.30. The Morgan fingerprint density at radius 3 is 2.88 bits per heavy atom. The molecule has 1 aromatic carbocycles. The molecule has 124 valence electrons. The monoisotopic (exact) mass is 386 g/mol. The molecule has 3 rings (SSSR count). The fourth-order valence-corrected chi connectivity index (χ4v) is 2.87. The second-order valence-electron chi connectivity index (χ2n) is 5.42. The first-order chi connectivity index (χ1) is 11.7. The minimum atomic E-state index is 0.566. The molecule has 4 nitrogen and oxygen atoms in total. The van der Waals surface area contributed by atoms with Crippen LogP contribution in [0.5, 0.6) is 5.88 Å². The standard InChI is InChI=1S/C19H19BrN2O2/c1-14-12-15(20)5-7-17(14)18-8-6-16(24-18)13-21-10-11-23-19-4-2-3-9-22-19/h2-9,12,21H,10-11,13H2,1H3. The Bertz CT molecular complexity index is 787. The maximum atomic E-state index is 5.92. The van der Waals surface area contributed by atoms with Crippen LogP contribution in [-0.2, 0) is 6.54 Å². The minimum absolute atomic E-state index is 0.566. The molecule has 5 heteroatoms. The summed E-state index contributed by atoms with van der Waals surface area (Å²) in [6.07, 6.45) is 1.72. The number of nitrogens with zero attached hydrogens (tertiary/aromatic N) is 1. The Labute approximate surface area is 150 Å². The number of furan rings is 1. The van der Waals surface area contributed by atoms with E-state index in [4.69, 9.17) is 9.15 Å². The Kier molecular flexibility index (Phi) is 5.67. The predicted octanol–water partition coefficient (Wildman–Crippen LogP) is 4.58. The third-order valence-electron chi connectivity index (χ3n) is 3.58. The zero-order chi connectivity index (χ0) is 16.8. The van der Waals surface area contributed by atoms with Crippen LogP contribution in [-0.4, -0.2) is 18.1 Å². The minimum Gasteiger partial charge on any atom is -0.476 e. The van der Waals surface area contributed by atoms with E-state index in [-0.39, 0.29) is 0 Å². The smallest absolute Gasteiger partial charge is 0.213 e. The molecule has 0 saturated carbocycles. The fourth-order valence-electron chi connectivity index (χ4n) is 2.39. The van der Waals surface area contributed by atoms with Crippen LogP contribution in [0.25, 0.3) is 11.3 Å². The summed E-state index contributed by atoms with van der Waals surface area (Å²) in [4.78, 5) is 4.11. The highest BCUT2D eigenvalue weighted by Crippen LogP contribution is 2.27. The van der Waals surface area contributed by atoms with Gasteiger partial charge in [-0.05, 0) is 48.9 Å². The first kappa shape index (κ1) is 16.7. The summed E-state index contributed by atoms with van der Waals surface area (Å²) in [7, 11) is 0. The topological polar surface area (TPSA) is 47.3 Å². The van der Waals surface area contributed by atoms with E-state index in [2.05, 4.69) is 45.3 Å². The number of pyridine rings is 1. The van der Waals surface area contributed by atoms with Gasteiger partial charge in [0.1, 0.15) is 18.1 Å². The lowest BCUT2D eigenvalue weighted by Crippen LogP contribution is -2.20. The first-order valence-electron chi connectivity index (χ1n) is 7.82. The first-order valence-corrected chi connectivity index (χ1v) is 8.61. The molecular formula is C19H19BrN2O2. The average molecular weight is 387 g/mol. The van der Waals surface area contributed by atoms with E-state index >= 15 is 0 Å². The van der Waals surface area contributed by atoms with E-state index in [1.807, 2.05) is 36.4 Å². The maximum absolute atomic E-state index is 5.92. The molecule has 3 aromatic rings. The second kappa shape index (κ2) is 8.13. The summed E-state index contributed by atoms with van der Waals surface area (Å²) < 4.78 is 12.5. The van der Waals surface area contributed by atoms with Gasteiger partial charge in [0.15, 0.2) is 0 Å². The third-order valence-corrected chi connectivity index (χ3v) is 4.07. The Morgan fingerprint density at radius 1 is 1.17 bits per heavy atom. The van der Waals surface area contributed by atoms with E-state index < -0.39 is 0 Å². The summed E-state index contributed by atoms with van der Waals surface area (Å²) in [6.45, 7) is 4.04. The molecule has 0 unspecified atom stereocenters. The van der Waals surface area contributed by atoms with Crippen molar-refractivity contribution in [1.82, 2.24) is 10.3 Å². The highest BCUT2D eigenvalue weighted by atomic mass is 79.9. The van der Waals surface area contributed by atoms with E-state index in [1.54, 1.807) is 6.20 Å². The van der Waals surface area contributed by atoms with E-state index in [1.165, 1.54) is 5.56 Å². The van der Waals surface area contributed by atoms with Gasteiger partial charge < -0.3 is 14.5 Å². The number of aromatic nitrogens is 1. The Morgan fingerprint density at radius 2 is 2.08 bits per heavy atom. The predicted molar refractivity (Wildman–Crippen MR) is 98.0 cm³/mol. The number of nitrogens with one attached hydrogen (secondary N) is 1. The van der Waals surface area contributed by atoms with Crippen LogP contribution in [0.1, 0.15) is 11.3 Å². The quantitative estimate of drug-likeness (QED) is 0.603. The molecule has 0 spiro atoms. The van der Waals surface area contributed by atoms with Gasteiger partial charge in [-0.3, -0.25) is 0 Å². The number of hydrogen-bond donors (Lipinski definition) is 1. The van der Waals surface area contributed by atoms with Crippen molar-refractivity contribution in [3.05, 3.63) is 70.5 Å². The molecule has 0 aliphatic carbocycles. The van der Waals surface area contributed by atoms with Crippen molar-refractivity contribution in [2.75, 3.05) is 13.2 Å². The summed E-state index contributed by atoms with van der Waals surface area (Å²) in [6, 6.07) is 15.8. The fraction of sp³-hybridized carbons (Fsp3) is 0.211. The molecule has 24 heavy (non-hydrogen) atoms. The van der Waals surface area contributed by atoms with Gasteiger partial charge in [-0.15, -0.1) is 0 Å². The van der Waals surface area contributed by atoms with Gasteiger partial charge in [0, 0.05) is 28.8 Å². The van der Waals surface area contributed by atoms with Crippen LogP contribution in [0.3, 0.4) is 0 Å². The van der Waals surface area contributed by atoms with Crippen molar-refractivity contribution in [2.24, 2.45) is 0 Å². The number of rotatable bonds is 7. The van der Waals surface area contributed by atoms with Gasteiger partial charge in [-0.1, -0.05) is 22.0 Å². The summed E-state index contributed by atoms with van der Waals surface area (Å²) in [5, 5.41) is 3.31. The number of aryl methyl sites for hydroxylation is 1. The van der Waals surface area contributed by atoms with Gasteiger partial charge >= 0.3 is 0 Å². The van der Waals surface area contributed by atoms with Gasteiger partial charge in [0.05, 0.1) is 6.54 Å². The molecule has 0 saturated heterocycles. The van der Waals surface area contributed by atoms with Crippen molar-refractivity contribution in [3.8, 4) is 17.2 Å². The average Bonchev–Trinajstić information content (AvgIpc) is 3.04. The van der Waals surface area contributed by atoms with Crippen molar-refractivity contribution in [1.29, 1.82) is 0 Å². The molecule has 2 heterocycles. The Balaban J connectivity index is 1.48. The third kappa shape index (κ3) is 4.46. The molecule has 0 radical (unpaired) electrons. The lowest BCUT2D eigenvalue weighted by molar-refractivity contribution is 0.300. The van der Waals surface area contributed by atoms with Gasteiger partial charge in [-0.25, -0.2) is 4.98 Å². The van der Waals surface area contributed by atoms with Crippen molar-refractivity contribution in [3.63, 3.8) is 0 Å². The Hall–Kier alpha value is -2.11. The van der Waals surface area contributed by atoms with Crippen LogP contribution >= 0.6 is 15.9 Å². The van der Waals surface area contributed by atoms with Crippen molar-refractivity contribution < 1.29 is 9.15 Å². The maximum Gasteiger partial charge on any atom is 0.213 e. The SMILES string of the molecule is Cc1cc(Br)ccc1-c1ccc(CNCCOc2ccccn2)o1. The van der Waals surface area contributed by atoms with E-state index in [9.17, 15) is 0 Å². The zero-order valence-electron chi connectivity index (χ0n) is 13.5. The molecule has 0 bridgehead atoms. The number of ether oxygens (including phenoxy) is 1.